The third-order valence-corrected chi connectivity index (χ3v) is 4.04. The van der Waals surface area contributed by atoms with Crippen molar-refractivity contribution in [3.8, 4) is 0 Å². The molecule has 1 N–H and O–H groups in total. The van der Waals surface area contributed by atoms with Crippen LogP contribution >= 0.6 is 0 Å². The normalized spacial score (nSPS) is 14.0. The second-order valence-corrected chi connectivity index (χ2v) is 5.73. The average Bonchev–Trinajstić information content (AvgIpc) is 3.09. The maximum atomic E-state index is 13.1. The van der Waals surface area contributed by atoms with Gasteiger partial charge in [-0.05, 0) is 49.1 Å². The van der Waals surface area contributed by atoms with Crippen molar-refractivity contribution in [3.63, 3.8) is 0 Å². The van der Waals surface area contributed by atoms with Crippen molar-refractivity contribution < 1.29 is 9.18 Å². The summed E-state index contributed by atoms with van der Waals surface area (Å²) in [6.07, 6.45) is 4.65. The van der Waals surface area contributed by atoms with Crippen LogP contribution in [0.2, 0.25) is 0 Å². The summed E-state index contributed by atoms with van der Waals surface area (Å²) in [5, 5.41) is 2.84. The fraction of sp³-hybridized carbons (Fsp3) is 0.333. The summed E-state index contributed by atoms with van der Waals surface area (Å²) in [6.45, 7) is 2.52. The molecule has 1 fully saturated rings. The van der Waals surface area contributed by atoms with E-state index >= 15 is 0 Å². The van der Waals surface area contributed by atoms with Crippen molar-refractivity contribution in [2.24, 2.45) is 0 Å². The minimum absolute atomic E-state index is 0.192. The lowest BCUT2D eigenvalue weighted by atomic mass is 10.1. The number of nitrogens with zero attached hydrogens (tertiary/aromatic N) is 2. The second-order valence-electron chi connectivity index (χ2n) is 5.73. The van der Waals surface area contributed by atoms with Crippen molar-refractivity contribution in [3.05, 3.63) is 59.7 Å². The smallest absolute Gasteiger partial charge is 0.269 e. The largest absolute Gasteiger partial charge is 0.371 e. The van der Waals surface area contributed by atoms with Crippen molar-refractivity contribution in [1.82, 2.24) is 10.3 Å². The number of carbonyl (C=O) groups excluding carboxylic acids is 1. The molecular weight excluding hydrogens is 293 g/mol. The topological polar surface area (TPSA) is 45.2 Å². The van der Waals surface area contributed by atoms with E-state index in [9.17, 15) is 9.18 Å². The van der Waals surface area contributed by atoms with Crippen LogP contribution < -0.4 is 10.2 Å². The Labute approximate surface area is 135 Å². The van der Waals surface area contributed by atoms with E-state index < -0.39 is 0 Å². The Morgan fingerprint density at radius 1 is 1.22 bits per heavy atom. The molecule has 120 valence electrons. The summed E-state index contributed by atoms with van der Waals surface area (Å²) in [7, 11) is 0. The number of hydrogen-bond donors (Lipinski definition) is 1. The zero-order chi connectivity index (χ0) is 16.1. The summed E-state index contributed by atoms with van der Waals surface area (Å²) in [6, 6.07) is 10.2. The fourth-order valence-electron chi connectivity index (χ4n) is 2.82. The molecule has 0 atom stereocenters. The third kappa shape index (κ3) is 4.06. The number of anilines is 1. The molecule has 0 aliphatic carbocycles. The van der Waals surface area contributed by atoms with Crippen LogP contribution in [-0.4, -0.2) is 30.5 Å². The summed E-state index contributed by atoms with van der Waals surface area (Å²) in [5.74, 6) is -0.448. The Morgan fingerprint density at radius 2 is 2.04 bits per heavy atom. The Kier molecular flexibility index (Phi) is 4.86. The Bertz CT molecular complexity index is 683. The molecule has 1 aromatic carbocycles. The molecule has 1 aromatic heterocycles. The molecule has 1 amide bonds. The highest BCUT2D eigenvalue weighted by atomic mass is 19.1. The van der Waals surface area contributed by atoms with Crippen LogP contribution in [0.4, 0.5) is 10.1 Å². The third-order valence-electron chi connectivity index (χ3n) is 4.04. The van der Waals surface area contributed by atoms with Crippen LogP contribution in [0.1, 0.15) is 28.9 Å². The number of amides is 1. The lowest BCUT2D eigenvalue weighted by molar-refractivity contribution is 0.0949. The Hall–Kier alpha value is -2.43. The molecular formula is C18H20FN3O. The molecule has 0 bridgehead atoms. The standard InChI is InChI=1S/C18H20FN3O/c19-15-5-3-4-14(12-15)6-8-21-18(23)17-13-16(7-9-20-17)22-10-1-2-11-22/h3-5,7,9,12-13H,1-2,6,8,10-11H2,(H,21,23). The van der Waals surface area contributed by atoms with Gasteiger partial charge in [0.05, 0.1) is 0 Å². The van der Waals surface area contributed by atoms with E-state index in [-0.39, 0.29) is 11.7 Å². The molecule has 1 saturated heterocycles. The first kappa shape index (κ1) is 15.5. The van der Waals surface area contributed by atoms with Gasteiger partial charge >= 0.3 is 0 Å². The zero-order valence-electron chi connectivity index (χ0n) is 13.0. The van der Waals surface area contributed by atoms with Crippen LogP contribution in [-0.2, 0) is 6.42 Å². The number of pyridine rings is 1. The SMILES string of the molecule is O=C(NCCc1cccc(F)c1)c1cc(N2CCCC2)ccn1. The fourth-order valence-corrected chi connectivity index (χ4v) is 2.82. The quantitative estimate of drug-likeness (QED) is 0.923. The van der Waals surface area contributed by atoms with Crippen molar-refractivity contribution in [1.29, 1.82) is 0 Å². The number of carbonyl (C=O) groups is 1. The van der Waals surface area contributed by atoms with Crippen LogP contribution in [0.5, 0.6) is 0 Å². The van der Waals surface area contributed by atoms with Gasteiger partial charge in [0.15, 0.2) is 0 Å². The van der Waals surface area contributed by atoms with Crippen LogP contribution in [0.3, 0.4) is 0 Å². The minimum atomic E-state index is -0.256. The molecule has 0 spiro atoms. The maximum absolute atomic E-state index is 13.1. The van der Waals surface area contributed by atoms with E-state index in [1.165, 1.54) is 25.0 Å². The van der Waals surface area contributed by atoms with E-state index in [0.29, 0.717) is 18.7 Å². The molecule has 1 aliphatic heterocycles. The lowest BCUT2D eigenvalue weighted by Gasteiger charge is -2.17. The van der Waals surface area contributed by atoms with Gasteiger partial charge in [-0.25, -0.2) is 4.39 Å². The zero-order valence-corrected chi connectivity index (χ0v) is 13.0. The molecule has 3 rings (SSSR count). The molecule has 2 aromatic rings. The molecule has 0 radical (unpaired) electrons. The first-order chi connectivity index (χ1) is 11.2. The van der Waals surface area contributed by atoms with E-state index in [1.807, 2.05) is 18.2 Å². The number of rotatable bonds is 5. The predicted octanol–water partition coefficient (Wildman–Crippen LogP) is 2.79. The van der Waals surface area contributed by atoms with E-state index in [2.05, 4.69) is 15.2 Å². The van der Waals surface area contributed by atoms with Crippen LogP contribution in [0.15, 0.2) is 42.6 Å². The molecule has 5 heteroatoms. The lowest BCUT2D eigenvalue weighted by Crippen LogP contribution is -2.27. The van der Waals surface area contributed by atoms with Crippen molar-refractivity contribution >= 4 is 11.6 Å². The molecule has 0 unspecified atom stereocenters. The number of benzene rings is 1. The van der Waals surface area contributed by atoms with Crippen molar-refractivity contribution in [2.75, 3.05) is 24.5 Å². The van der Waals surface area contributed by atoms with Gasteiger partial charge in [-0.3, -0.25) is 9.78 Å². The number of nitrogens with one attached hydrogen (secondary N) is 1. The summed E-state index contributed by atoms with van der Waals surface area (Å²) in [5.41, 5.74) is 2.34. The Balaban J connectivity index is 1.56. The number of halogens is 1. The molecule has 2 heterocycles. The summed E-state index contributed by atoms with van der Waals surface area (Å²) in [4.78, 5) is 18.6. The van der Waals surface area contributed by atoms with E-state index in [4.69, 9.17) is 0 Å². The van der Waals surface area contributed by atoms with E-state index in [1.54, 1.807) is 12.3 Å². The van der Waals surface area contributed by atoms with Gasteiger partial charge < -0.3 is 10.2 Å². The van der Waals surface area contributed by atoms with Crippen LogP contribution in [0.25, 0.3) is 0 Å². The second kappa shape index (κ2) is 7.22. The molecule has 4 nitrogen and oxygen atoms in total. The van der Waals surface area contributed by atoms with Crippen molar-refractivity contribution in [2.45, 2.75) is 19.3 Å². The van der Waals surface area contributed by atoms with Gasteiger partial charge in [-0.1, -0.05) is 12.1 Å². The number of aromatic nitrogens is 1. The predicted molar refractivity (Wildman–Crippen MR) is 88.1 cm³/mol. The summed E-state index contributed by atoms with van der Waals surface area (Å²) < 4.78 is 13.1. The van der Waals surface area contributed by atoms with Gasteiger partial charge in [0.25, 0.3) is 5.91 Å². The molecule has 0 saturated carbocycles. The molecule has 23 heavy (non-hydrogen) atoms. The van der Waals surface area contributed by atoms with Gasteiger partial charge in [0.1, 0.15) is 11.5 Å². The first-order valence-corrected chi connectivity index (χ1v) is 7.96. The molecule has 1 aliphatic rings. The van der Waals surface area contributed by atoms with Gasteiger partial charge in [-0.2, -0.15) is 0 Å². The maximum Gasteiger partial charge on any atom is 0.269 e. The Morgan fingerprint density at radius 3 is 2.83 bits per heavy atom. The first-order valence-electron chi connectivity index (χ1n) is 7.96. The van der Waals surface area contributed by atoms with Gasteiger partial charge in [0, 0.05) is 31.5 Å². The highest BCUT2D eigenvalue weighted by Gasteiger charge is 2.14. The highest BCUT2D eigenvalue weighted by Crippen LogP contribution is 2.20. The van der Waals surface area contributed by atoms with E-state index in [0.717, 1.165) is 24.3 Å². The minimum Gasteiger partial charge on any atom is -0.371 e. The average molecular weight is 313 g/mol. The highest BCUT2D eigenvalue weighted by molar-refractivity contribution is 5.93. The van der Waals surface area contributed by atoms with Crippen LogP contribution in [0, 0.1) is 5.82 Å². The van der Waals surface area contributed by atoms with Gasteiger partial charge in [0.2, 0.25) is 0 Å². The van der Waals surface area contributed by atoms with Gasteiger partial charge in [-0.15, -0.1) is 0 Å². The summed E-state index contributed by atoms with van der Waals surface area (Å²) >= 11 is 0. The monoisotopic (exact) mass is 313 g/mol. The number of hydrogen-bond acceptors (Lipinski definition) is 3.